The molecular weight excluding hydrogens is 550 g/mol. The second kappa shape index (κ2) is 14.2. The number of carbonyl (C=O) groups is 2. The van der Waals surface area contributed by atoms with Crippen LogP contribution in [-0.2, 0) is 26.0 Å². The molecule has 3 rings (SSSR count). The second-order valence-electron chi connectivity index (χ2n) is 9.48. The van der Waals surface area contributed by atoms with Crippen LogP contribution in [0.25, 0.3) is 0 Å². The Morgan fingerprint density at radius 2 is 1.65 bits per heavy atom. The molecule has 0 radical (unpaired) electrons. The number of nitrogens with zero attached hydrogens (tertiary/aromatic N) is 2. The zero-order valence-electron chi connectivity index (χ0n) is 23.2. The van der Waals surface area contributed by atoms with Crippen molar-refractivity contribution in [3.63, 3.8) is 0 Å². The minimum Gasteiger partial charge on any atom is -0.497 e. The highest BCUT2D eigenvalue weighted by atomic mass is 35.5. The Labute approximate surface area is 241 Å². The Hall–Kier alpha value is -3.56. The number of methoxy groups -OCH3 is 1. The van der Waals surface area contributed by atoms with E-state index in [0.717, 1.165) is 16.3 Å². The lowest BCUT2D eigenvalue weighted by Gasteiger charge is -2.32. The molecule has 0 aliphatic heterocycles. The Morgan fingerprint density at radius 3 is 2.25 bits per heavy atom. The maximum atomic E-state index is 13.9. The molecule has 0 aromatic heterocycles. The minimum absolute atomic E-state index is 0.0144. The standard InChI is InChI=1S/C30H36ClN3O5S/c1-5-22(2)32-30(36)23(3)33(19-18-24-10-7-6-8-11-24)29(35)21-34(26-13-9-12-25(31)20-26)40(37,38)28-16-14-27(39-4)15-17-28/h6-17,20,22-23H,5,18-19,21H2,1-4H3,(H,32,36)/t22-,23+/m0/s1. The number of hydrogen-bond donors (Lipinski definition) is 1. The van der Waals surface area contributed by atoms with Gasteiger partial charge in [-0.15, -0.1) is 0 Å². The molecule has 1 N–H and O–H groups in total. The summed E-state index contributed by atoms with van der Waals surface area (Å²) >= 11 is 6.21. The van der Waals surface area contributed by atoms with E-state index in [4.69, 9.17) is 16.3 Å². The van der Waals surface area contributed by atoms with Crippen molar-refractivity contribution in [1.29, 1.82) is 0 Å². The predicted molar refractivity (Wildman–Crippen MR) is 158 cm³/mol. The van der Waals surface area contributed by atoms with Crippen molar-refractivity contribution in [2.45, 2.75) is 50.6 Å². The number of sulfonamides is 1. The van der Waals surface area contributed by atoms with Crippen molar-refractivity contribution in [3.05, 3.63) is 89.4 Å². The Bertz CT molecular complexity index is 1380. The van der Waals surface area contributed by atoms with Gasteiger partial charge < -0.3 is 15.0 Å². The smallest absolute Gasteiger partial charge is 0.264 e. The molecule has 0 fully saturated rings. The van der Waals surface area contributed by atoms with Crippen LogP contribution in [0.1, 0.15) is 32.8 Å². The molecule has 3 aromatic rings. The van der Waals surface area contributed by atoms with E-state index in [2.05, 4.69) is 5.32 Å². The van der Waals surface area contributed by atoms with Gasteiger partial charge in [0, 0.05) is 17.6 Å². The number of halogens is 1. The van der Waals surface area contributed by atoms with E-state index < -0.39 is 28.5 Å². The van der Waals surface area contributed by atoms with Crippen molar-refractivity contribution in [1.82, 2.24) is 10.2 Å². The third-order valence-electron chi connectivity index (χ3n) is 6.68. The lowest BCUT2D eigenvalue weighted by molar-refractivity contribution is -0.139. The summed E-state index contributed by atoms with van der Waals surface area (Å²) in [6.07, 6.45) is 1.23. The molecule has 2 amide bonds. The third-order valence-corrected chi connectivity index (χ3v) is 8.70. The van der Waals surface area contributed by atoms with Crippen molar-refractivity contribution in [3.8, 4) is 5.75 Å². The van der Waals surface area contributed by atoms with Crippen LogP contribution in [0.2, 0.25) is 5.02 Å². The number of benzene rings is 3. The van der Waals surface area contributed by atoms with E-state index in [1.807, 2.05) is 44.2 Å². The van der Waals surface area contributed by atoms with Gasteiger partial charge in [0.05, 0.1) is 17.7 Å². The van der Waals surface area contributed by atoms with Gasteiger partial charge in [-0.25, -0.2) is 8.42 Å². The summed E-state index contributed by atoms with van der Waals surface area (Å²) in [6, 6.07) is 20.9. The summed E-state index contributed by atoms with van der Waals surface area (Å²) in [5, 5.41) is 3.25. The van der Waals surface area contributed by atoms with Crippen LogP contribution in [0.3, 0.4) is 0 Å². The zero-order valence-corrected chi connectivity index (χ0v) is 24.8. The minimum atomic E-state index is -4.19. The molecule has 10 heteroatoms. The Balaban J connectivity index is 1.98. The quantitative estimate of drug-likeness (QED) is 0.307. The molecule has 2 atom stereocenters. The van der Waals surface area contributed by atoms with Gasteiger partial charge in [0.2, 0.25) is 11.8 Å². The van der Waals surface area contributed by atoms with Gasteiger partial charge in [0.25, 0.3) is 10.0 Å². The number of hydrogen-bond acceptors (Lipinski definition) is 5. The van der Waals surface area contributed by atoms with Crippen molar-refractivity contribution >= 4 is 39.1 Å². The average Bonchev–Trinajstić information content (AvgIpc) is 2.96. The largest absolute Gasteiger partial charge is 0.497 e. The predicted octanol–water partition coefficient (Wildman–Crippen LogP) is 4.92. The van der Waals surface area contributed by atoms with E-state index in [1.54, 1.807) is 37.3 Å². The molecule has 40 heavy (non-hydrogen) atoms. The highest BCUT2D eigenvalue weighted by molar-refractivity contribution is 7.92. The lowest BCUT2D eigenvalue weighted by Crippen LogP contribution is -2.53. The van der Waals surface area contributed by atoms with Crippen molar-refractivity contribution in [2.75, 3.05) is 24.5 Å². The topological polar surface area (TPSA) is 96.0 Å². The molecule has 0 aliphatic carbocycles. The van der Waals surface area contributed by atoms with Crippen LogP contribution in [0, 0.1) is 0 Å². The maximum Gasteiger partial charge on any atom is 0.264 e. The molecule has 0 bridgehead atoms. The summed E-state index contributed by atoms with van der Waals surface area (Å²) in [5.74, 6) is -0.319. The summed E-state index contributed by atoms with van der Waals surface area (Å²) in [5.41, 5.74) is 1.23. The van der Waals surface area contributed by atoms with Gasteiger partial charge in [-0.05, 0) is 74.7 Å². The first-order valence-electron chi connectivity index (χ1n) is 13.1. The van der Waals surface area contributed by atoms with Gasteiger partial charge in [0.15, 0.2) is 0 Å². The fourth-order valence-electron chi connectivity index (χ4n) is 4.07. The molecule has 214 valence electrons. The molecule has 8 nitrogen and oxygen atoms in total. The Morgan fingerprint density at radius 1 is 0.975 bits per heavy atom. The fourth-order valence-corrected chi connectivity index (χ4v) is 5.66. The highest BCUT2D eigenvalue weighted by Crippen LogP contribution is 2.27. The van der Waals surface area contributed by atoms with Crippen LogP contribution >= 0.6 is 11.6 Å². The van der Waals surface area contributed by atoms with E-state index in [9.17, 15) is 18.0 Å². The number of carbonyl (C=O) groups excluding carboxylic acids is 2. The van der Waals surface area contributed by atoms with E-state index >= 15 is 0 Å². The van der Waals surface area contributed by atoms with Crippen LogP contribution in [-0.4, -0.2) is 57.4 Å². The van der Waals surface area contributed by atoms with E-state index in [1.165, 1.54) is 30.2 Å². The number of ether oxygens (including phenoxy) is 1. The molecule has 0 spiro atoms. The SMILES string of the molecule is CC[C@H](C)NC(=O)[C@@H](C)N(CCc1ccccc1)C(=O)CN(c1cccc(Cl)c1)S(=O)(=O)c1ccc(OC)cc1. The van der Waals surface area contributed by atoms with Gasteiger partial charge in [-0.2, -0.15) is 0 Å². The maximum absolute atomic E-state index is 13.9. The number of rotatable bonds is 13. The van der Waals surface area contributed by atoms with Gasteiger partial charge in [-0.3, -0.25) is 13.9 Å². The van der Waals surface area contributed by atoms with E-state index in [-0.39, 0.29) is 29.1 Å². The average molecular weight is 586 g/mol. The van der Waals surface area contributed by atoms with Gasteiger partial charge in [0.1, 0.15) is 18.3 Å². The summed E-state index contributed by atoms with van der Waals surface area (Å²) in [6.45, 7) is 5.21. The van der Waals surface area contributed by atoms with Crippen LogP contribution in [0.5, 0.6) is 5.75 Å². The first-order chi connectivity index (χ1) is 19.1. The molecular formula is C30H36ClN3O5S. The first kappa shape index (κ1) is 31.0. The van der Waals surface area contributed by atoms with Crippen molar-refractivity contribution < 1.29 is 22.7 Å². The molecule has 0 unspecified atom stereocenters. The number of amides is 2. The normalized spacial score (nSPS) is 12.7. The van der Waals surface area contributed by atoms with E-state index in [0.29, 0.717) is 17.2 Å². The molecule has 0 saturated carbocycles. The molecule has 0 aliphatic rings. The molecule has 0 heterocycles. The summed E-state index contributed by atoms with van der Waals surface area (Å²) in [4.78, 5) is 28.4. The molecule has 0 saturated heterocycles. The van der Waals surface area contributed by atoms with Crippen LogP contribution in [0.4, 0.5) is 5.69 Å². The van der Waals surface area contributed by atoms with Gasteiger partial charge >= 0.3 is 0 Å². The van der Waals surface area contributed by atoms with Crippen molar-refractivity contribution in [2.24, 2.45) is 0 Å². The van der Waals surface area contributed by atoms with Gasteiger partial charge in [-0.1, -0.05) is 54.9 Å². The lowest BCUT2D eigenvalue weighted by atomic mass is 10.1. The number of nitrogens with one attached hydrogen (secondary N) is 1. The second-order valence-corrected chi connectivity index (χ2v) is 11.8. The fraction of sp³-hybridized carbons (Fsp3) is 0.333. The number of anilines is 1. The Kier molecular flexibility index (Phi) is 11.0. The summed E-state index contributed by atoms with van der Waals surface area (Å²) in [7, 11) is -2.70. The monoisotopic (exact) mass is 585 g/mol. The molecule has 3 aromatic carbocycles. The summed E-state index contributed by atoms with van der Waals surface area (Å²) < 4.78 is 33.9. The van der Waals surface area contributed by atoms with Crippen LogP contribution in [0.15, 0.2) is 83.8 Å². The zero-order chi connectivity index (χ0) is 29.3. The first-order valence-corrected chi connectivity index (χ1v) is 14.9. The third kappa shape index (κ3) is 7.99. The van der Waals surface area contributed by atoms with Crippen LogP contribution < -0.4 is 14.4 Å². The highest BCUT2D eigenvalue weighted by Gasteiger charge is 2.32.